The second-order valence-electron chi connectivity index (χ2n) is 2.60. The molecule has 0 atom stereocenters. The van der Waals surface area contributed by atoms with Gasteiger partial charge in [0.1, 0.15) is 0 Å². The van der Waals surface area contributed by atoms with Gasteiger partial charge in [-0.1, -0.05) is 8.64 Å². The normalized spacial score (nSPS) is 7.25. The van der Waals surface area contributed by atoms with E-state index in [1.165, 1.54) is 0 Å². The molecule has 0 aliphatic heterocycles. The molecule has 0 aliphatic rings. The van der Waals surface area contributed by atoms with Crippen molar-refractivity contribution in [1.82, 2.24) is 9.80 Å². The van der Waals surface area contributed by atoms with Gasteiger partial charge in [0.25, 0.3) is 0 Å². The second-order valence-corrected chi connectivity index (χ2v) is 4.66. The predicted molar refractivity (Wildman–Crippen MR) is 76.5 cm³/mol. The molecule has 16 heavy (non-hydrogen) atoms. The van der Waals surface area contributed by atoms with E-state index >= 15 is 0 Å². The molecule has 2 nitrogen and oxygen atoms in total. The number of thiocarbonyl (C=S) groups is 2. The Hall–Kier alpha value is 2.22. The fraction of sp³-hybridized carbons (Fsp3) is 0.750. The summed E-state index contributed by atoms with van der Waals surface area (Å²) >= 11 is 18.6. The summed E-state index contributed by atoms with van der Waals surface area (Å²) in [6.45, 7) is 5.95. The number of nitrogens with zero attached hydrogens (tertiary/aromatic N) is 2. The van der Waals surface area contributed by atoms with Crippen molar-refractivity contribution >= 4 is 58.3 Å². The summed E-state index contributed by atoms with van der Waals surface area (Å²) in [5, 5.41) is 0. The Morgan fingerprint density at radius 2 is 1.19 bits per heavy atom. The van der Waals surface area contributed by atoms with E-state index < -0.39 is 0 Å². The van der Waals surface area contributed by atoms with Crippen molar-refractivity contribution < 1.29 is 59.1 Å². The van der Waals surface area contributed by atoms with Crippen LogP contribution in [0, 0.1) is 0 Å². The molecular weight excluding hydrogens is 298 g/mol. The molecule has 8 heteroatoms. The average Bonchev–Trinajstić information content (AvgIpc) is 2.06. The van der Waals surface area contributed by atoms with Gasteiger partial charge in [-0.2, -0.15) is 0 Å². The van der Waals surface area contributed by atoms with Gasteiger partial charge in [-0.05, 0) is 13.8 Å². The topological polar surface area (TPSA) is 6.48 Å². The Balaban J connectivity index is -0.0000000825. The summed E-state index contributed by atoms with van der Waals surface area (Å²) < 4.78 is 1.09. The Bertz CT molecular complexity index is 187. The summed E-state index contributed by atoms with van der Waals surface area (Å²) in [7, 11) is 3.66. The van der Waals surface area contributed by atoms with Gasteiger partial charge in [0.15, 0.2) is 0 Å². The molecule has 84 valence electrons. The van der Waals surface area contributed by atoms with Gasteiger partial charge < -0.3 is 59.5 Å². The smallest absolute Gasteiger partial charge is 0.411 e. The first kappa shape index (κ1) is 26.7. The van der Waals surface area contributed by atoms with E-state index in [0.717, 1.165) is 13.1 Å². The summed E-state index contributed by atoms with van der Waals surface area (Å²) in [6.07, 6.45) is 0. The molecule has 0 radical (unpaired) electrons. The van der Waals surface area contributed by atoms with Crippen LogP contribution in [0.2, 0.25) is 0 Å². The van der Waals surface area contributed by atoms with Crippen LogP contribution in [0.25, 0.3) is 0 Å². The van der Waals surface area contributed by atoms with E-state index in [9.17, 15) is 0 Å². The third kappa shape index (κ3) is 18.6. The first-order valence-electron chi connectivity index (χ1n) is 4.20. The van der Waals surface area contributed by atoms with Crippen LogP contribution in [0.3, 0.4) is 0 Å². The summed E-state index contributed by atoms with van der Waals surface area (Å²) in [5.41, 5.74) is 0. The third-order valence-corrected chi connectivity index (χ3v) is 2.63. The van der Waals surface area contributed by atoms with Gasteiger partial charge in [0.05, 0.1) is 0 Å². The van der Waals surface area contributed by atoms with Crippen LogP contribution in [0.5, 0.6) is 0 Å². The average molecular weight is 314 g/mol. The summed E-state index contributed by atoms with van der Waals surface area (Å²) in [5.74, 6) is 0. The monoisotopic (exact) mass is 314 g/mol. The van der Waals surface area contributed by atoms with Crippen molar-refractivity contribution in [2.45, 2.75) is 13.8 Å². The van der Waals surface area contributed by atoms with Crippen molar-refractivity contribution in [3.8, 4) is 0 Å². The molecule has 0 aromatic carbocycles. The first-order chi connectivity index (χ1) is 6.36. The van der Waals surface area contributed by atoms with Crippen LogP contribution in [0.15, 0.2) is 0 Å². The van der Waals surface area contributed by atoms with Gasteiger partial charge in [-0.3, -0.25) is 0 Å². The van der Waals surface area contributed by atoms with Crippen LogP contribution in [-0.2, 0) is 25.3 Å². The van der Waals surface area contributed by atoms with E-state index in [1.54, 1.807) is 4.90 Å². The molecule has 0 rings (SSSR count). The molecule has 0 saturated heterocycles. The molecule has 0 unspecified atom stereocenters. The van der Waals surface area contributed by atoms with Crippen LogP contribution < -0.4 is 59.1 Å². The van der Waals surface area contributed by atoms with Gasteiger partial charge >= 0.3 is 59.1 Å². The fourth-order valence-corrected chi connectivity index (χ4v) is 0.998. The van der Waals surface area contributed by atoms with E-state index in [-0.39, 0.29) is 59.1 Å². The minimum absolute atomic E-state index is 0. The maximum atomic E-state index is 4.76. The van der Waals surface area contributed by atoms with Crippen molar-refractivity contribution in [3.05, 3.63) is 0 Å². The minimum atomic E-state index is 0. The largest absolute Gasteiger partial charge is 1.00 e. The zero-order valence-corrected chi connectivity index (χ0v) is 18.2. The molecule has 0 aromatic rings. The summed E-state index contributed by atoms with van der Waals surface area (Å²) in [6, 6.07) is 0. The Morgan fingerprint density at radius 1 is 0.938 bits per heavy atom. The van der Waals surface area contributed by atoms with Crippen molar-refractivity contribution in [3.63, 3.8) is 0 Å². The summed E-state index contributed by atoms with van der Waals surface area (Å²) in [4.78, 5) is 3.68. The molecule has 0 spiro atoms. The van der Waals surface area contributed by atoms with E-state index in [0.29, 0.717) is 8.64 Å². The van der Waals surface area contributed by atoms with Crippen LogP contribution >= 0.6 is 24.4 Å². The zero-order chi connectivity index (χ0) is 11.7. The number of hydrogen-bond acceptors (Lipinski definition) is 4. The van der Waals surface area contributed by atoms with Crippen LogP contribution in [0.4, 0.5) is 0 Å². The molecule has 0 bridgehead atoms. The molecular formula is C8H16N2Na2S4. The Morgan fingerprint density at radius 3 is 1.19 bits per heavy atom. The molecule has 0 saturated carbocycles. The second kappa shape index (κ2) is 17.2. The number of rotatable bonds is 2. The quantitative estimate of drug-likeness (QED) is 0.286. The molecule has 0 aliphatic carbocycles. The Kier molecular flexibility index (Phi) is 28.8. The molecule has 0 aromatic heterocycles. The van der Waals surface area contributed by atoms with Crippen molar-refractivity contribution in [2.24, 2.45) is 0 Å². The molecule has 0 heterocycles. The van der Waals surface area contributed by atoms with Gasteiger partial charge in [-0.15, -0.1) is 0 Å². The predicted octanol–water partition coefficient (Wildman–Crippen LogP) is -4.45. The van der Waals surface area contributed by atoms with Gasteiger partial charge in [0, 0.05) is 27.2 Å². The van der Waals surface area contributed by atoms with Crippen molar-refractivity contribution in [2.75, 3.05) is 27.2 Å². The van der Waals surface area contributed by atoms with Crippen LogP contribution in [-0.4, -0.2) is 45.6 Å². The molecule has 0 N–H and O–H groups in total. The SMILES string of the molecule is CCN(CC)C(=S)[S-].CN(C)C(=S)[S-].[Na+].[Na+]. The van der Waals surface area contributed by atoms with Gasteiger partial charge in [0.2, 0.25) is 0 Å². The first-order valence-corrected chi connectivity index (χ1v) is 5.84. The standard InChI is InChI=1S/C5H11NS2.C3H7NS2.2Na/c1-3-6(4-2)5(7)8;1-4(2)3(5)6;;/h3-4H2,1-2H3,(H,7,8);1-2H3,(H,5,6);;/q;;2*+1/p-2. The van der Waals surface area contributed by atoms with E-state index in [1.807, 2.05) is 32.8 Å². The van der Waals surface area contributed by atoms with Crippen molar-refractivity contribution in [1.29, 1.82) is 0 Å². The number of hydrogen-bond donors (Lipinski definition) is 0. The maximum Gasteiger partial charge on any atom is 1.00 e. The van der Waals surface area contributed by atoms with E-state index in [4.69, 9.17) is 24.8 Å². The maximum absolute atomic E-state index is 4.76. The van der Waals surface area contributed by atoms with Gasteiger partial charge in [-0.25, -0.2) is 0 Å². The van der Waals surface area contributed by atoms with Crippen LogP contribution in [0.1, 0.15) is 13.8 Å². The molecule has 0 amide bonds. The Labute approximate surface area is 166 Å². The molecule has 0 fully saturated rings. The zero-order valence-electron chi connectivity index (χ0n) is 10.9. The van der Waals surface area contributed by atoms with E-state index in [2.05, 4.69) is 24.8 Å². The minimum Gasteiger partial charge on any atom is -0.411 e. The third-order valence-electron chi connectivity index (χ3n) is 1.39. The fourth-order valence-electron chi connectivity index (χ4n) is 0.482.